The Labute approximate surface area is 233 Å². The zero-order chi connectivity index (χ0) is 26.1. The Kier molecular flexibility index (Phi) is 6.82. The molecule has 190 valence electrons. The summed E-state index contributed by atoms with van der Waals surface area (Å²) >= 11 is 3.83. The number of rotatable bonds is 6. The van der Waals surface area contributed by atoms with Crippen LogP contribution in [0.5, 0.6) is 5.75 Å². The molecule has 0 radical (unpaired) electrons. The molecule has 1 heterocycles. The molecule has 38 heavy (non-hydrogen) atoms. The first kappa shape index (κ1) is 24.6. The summed E-state index contributed by atoms with van der Waals surface area (Å²) in [6.45, 7) is 6.71. The van der Waals surface area contributed by atoms with E-state index in [1.165, 1.54) is 44.4 Å². The first-order valence-corrected chi connectivity index (χ1v) is 13.9. The maximum atomic E-state index is 6.32. The molecule has 3 nitrogen and oxygen atoms in total. The molecular weight excluding hydrogens is 532 g/mol. The van der Waals surface area contributed by atoms with Gasteiger partial charge in [0.2, 0.25) is 0 Å². The van der Waals surface area contributed by atoms with Crippen LogP contribution in [-0.4, -0.2) is 13.1 Å². The van der Waals surface area contributed by atoms with Gasteiger partial charge in [-0.25, -0.2) is 0 Å². The molecule has 1 saturated heterocycles. The van der Waals surface area contributed by atoms with E-state index in [4.69, 9.17) is 4.74 Å². The summed E-state index contributed by atoms with van der Waals surface area (Å²) < 4.78 is 7.29. The summed E-state index contributed by atoms with van der Waals surface area (Å²) in [6, 6.07) is 39.1. The van der Waals surface area contributed by atoms with Crippen molar-refractivity contribution in [1.29, 1.82) is 0 Å². The fourth-order valence-electron chi connectivity index (χ4n) is 5.37. The van der Waals surface area contributed by atoms with Gasteiger partial charge in [-0.1, -0.05) is 83.9 Å². The van der Waals surface area contributed by atoms with Crippen molar-refractivity contribution in [3.8, 4) is 5.75 Å². The Morgan fingerprint density at radius 2 is 1.32 bits per heavy atom. The Balaban J connectivity index is 1.30. The van der Waals surface area contributed by atoms with E-state index in [1.807, 2.05) is 0 Å². The van der Waals surface area contributed by atoms with Crippen molar-refractivity contribution in [2.45, 2.75) is 26.6 Å². The SMILES string of the molecule is Cc1ccc(N2CCN(c3ccc(C)cc3)C2c2ccc(OCc3cccc4ccccc34)c(Br)c2)cc1. The van der Waals surface area contributed by atoms with Gasteiger partial charge in [-0.05, 0) is 88.1 Å². The van der Waals surface area contributed by atoms with Gasteiger partial charge in [0.1, 0.15) is 18.5 Å². The van der Waals surface area contributed by atoms with Gasteiger partial charge in [-0.2, -0.15) is 0 Å². The number of fused-ring (bicyclic) bond motifs is 1. The number of benzene rings is 5. The largest absolute Gasteiger partial charge is 0.488 e. The Hall–Kier alpha value is -3.76. The van der Waals surface area contributed by atoms with E-state index in [0.717, 1.165) is 23.3 Å². The number of aryl methyl sites for hydroxylation is 2. The van der Waals surface area contributed by atoms with Crippen molar-refractivity contribution < 1.29 is 4.74 Å². The standard InChI is InChI=1S/C34H31BrN2O/c1-24-10-15-29(16-11-24)36-20-21-37(30-17-12-25(2)13-18-30)34(36)27-14-19-33(32(35)22-27)38-23-28-8-5-7-26-6-3-4-9-31(26)28/h3-19,22,34H,20-21,23H2,1-2H3. The molecule has 4 heteroatoms. The van der Waals surface area contributed by atoms with Crippen LogP contribution >= 0.6 is 15.9 Å². The van der Waals surface area contributed by atoms with Crippen molar-refractivity contribution in [2.75, 3.05) is 22.9 Å². The van der Waals surface area contributed by atoms with Crippen LogP contribution in [0.15, 0.2) is 114 Å². The highest BCUT2D eigenvalue weighted by Gasteiger charge is 2.34. The summed E-state index contributed by atoms with van der Waals surface area (Å²) in [6.07, 6.45) is 0.0869. The number of nitrogens with zero attached hydrogens (tertiary/aromatic N) is 2. The second kappa shape index (κ2) is 10.5. The number of anilines is 2. The average molecular weight is 564 g/mol. The molecule has 0 spiro atoms. The van der Waals surface area contributed by atoms with Crippen molar-refractivity contribution in [3.63, 3.8) is 0 Å². The van der Waals surface area contributed by atoms with Crippen molar-refractivity contribution in [2.24, 2.45) is 0 Å². The molecule has 1 aliphatic heterocycles. The van der Waals surface area contributed by atoms with Crippen LogP contribution in [0.3, 0.4) is 0 Å². The highest BCUT2D eigenvalue weighted by molar-refractivity contribution is 9.10. The van der Waals surface area contributed by atoms with Crippen LogP contribution in [0, 0.1) is 13.8 Å². The fraction of sp³-hybridized carbons (Fsp3) is 0.176. The fourth-order valence-corrected chi connectivity index (χ4v) is 5.88. The lowest BCUT2D eigenvalue weighted by molar-refractivity contribution is 0.305. The molecule has 1 fully saturated rings. The molecule has 1 aliphatic rings. The minimum Gasteiger partial charge on any atom is -0.488 e. The molecule has 0 aromatic heterocycles. The predicted molar refractivity (Wildman–Crippen MR) is 162 cm³/mol. The lowest BCUT2D eigenvalue weighted by Crippen LogP contribution is -2.31. The maximum Gasteiger partial charge on any atom is 0.134 e. The Bertz CT molecular complexity index is 1500. The van der Waals surface area contributed by atoms with Gasteiger partial charge in [-0.15, -0.1) is 0 Å². The zero-order valence-electron chi connectivity index (χ0n) is 21.8. The van der Waals surface area contributed by atoms with Gasteiger partial charge in [0.05, 0.1) is 4.47 Å². The number of hydrogen-bond acceptors (Lipinski definition) is 3. The molecular formula is C34H31BrN2O. The lowest BCUT2D eigenvalue weighted by atomic mass is 10.1. The molecule has 5 aromatic rings. The second-order valence-corrected chi connectivity index (χ2v) is 10.9. The van der Waals surface area contributed by atoms with E-state index in [1.54, 1.807) is 0 Å². The molecule has 5 aromatic carbocycles. The van der Waals surface area contributed by atoms with Crippen LogP contribution in [0.1, 0.15) is 28.4 Å². The molecule has 0 saturated carbocycles. The van der Waals surface area contributed by atoms with E-state index < -0.39 is 0 Å². The van der Waals surface area contributed by atoms with Crippen LogP contribution in [-0.2, 0) is 6.61 Å². The zero-order valence-corrected chi connectivity index (χ0v) is 23.4. The maximum absolute atomic E-state index is 6.32. The third-order valence-electron chi connectivity index (χ3n) is 7.42. The van der Waals surface area contributed by atoms with Crippen LogP contribution < -0.4 is 14.5 Å². The molecule has 0 N–H and O–H groups in total. The van der Waals surface area contributed by atoms with E-state index in [2.05, 4.69) is 149 Å². The minimum absolute atomic E-state index is 0.0869. The second-order valence-electron chi connectivity index (χ2n) is 10.0. The Morgan fingerprint density at radius 3 is 1.95 bits per heavy atom. The number of hydrogen-bond donors (Lipinski definition) is 0. The molecule has 0 bridgehead atoms. The number of ether oxygens (including phenoxy) is 1. The third-order valence-corrected chi connectivity index (χ3v) is 8.04. The van der Waals surface area contributed by atoms with Gasteiger partial charge < -0.3 is 14.5 Å². The summed E-state index contributed by atoms with van der Waals surface area (Å²) in [5.41, 5.74) is 7.44. The van der Waals surface area contributed by atoms with Crippen molar-refractivity contribution >= 4 is 38.1 Å². The molecule has 0 atom stereocenters. The molecule has 0 unspecified atom stereocenters. The van der Waals surface area contributed by atoms with E-state index in [0.29, 0.717) is 6.61 Å². The first-order valence-electron chi connectivity index (χ1n) is 13.1. The summed E-state index contributed by atoms with van der Waals surface area (Å²) in [4.78, 5) is 5.00. The summed E-state index contributed by atoms with van der Waals surface area (Å²) in [5.74, 6) is 0.850. The van der Waals surface area contributed by atoms with E-state index >= 15 is 0 Å². The van der Waals surface area contributed by atoms with Crippen LogP contribution in [0.25, 0.3) is 10.8 Å². The Morgan fingerprint density at radius 1 is 0.711 bits per heavy atom. The van der Waals surface area contributed by atoms with Gasteiger partial charge in [0.15, 0.2) is 0 Å². The van der Waals surface area contributed by atoms with Crippen LogP contribution in [0.2, 0.25) is 0 Å². The highest BCUT2D eigenvalue weighted by Crippen LogP contribution is 2.40. The quantitative estimate of drug-likeness (QED) is 0.205. The molecule has 0 aliphatic carbocycles. The molecule has 6 rings (SSSR count). The smallest absolute Gasteiger partial charge is 0.134 e. The average Bonchev–Trinajstić information content (AvgIpc) is 3.38. The summed E-state index contributed by atoms with van der Waals surface area (Å²) in [7, 11) is 0. The highest BCUT2D eigenvalue weighted by atomic mass is 79.9. The van der Waals surface area contributed by atoms with Crippen molar-refractivity contribution in [1.82, 2.24) is 0 Å². The topological polar surface area (TPSA) is 15.7 Å². The minimum atomic E-state index is 0.0869. The van der Waals surface area contributed by atoms with Gasteiger partial charge in [-0.3, -0.25) is 0 Å². The van der Waals surface area contributed by atoms with Gasteiger partial charge >= 0.3 is 0 Å². The summed E-state index contributed by atoms with van der Waals surface area (Å²) in [5, 5.41) is 2.47. The number of halogens is 1. The van der Waals surface area contributed by atoms with Crippen molar-refractivity contribution in [3.05, 3.63) is 136 Å². The van der Waals surface area contributed by atoms with Gasteiger partial charge in [0.25, 0.3) is 0 Å². The van der Waals surface area contributed by atoms with Gasteiger partial charge in [0, 0.05) is 24.5 Å². The molecule has 0 amide bonds. The first-order chi connectivity index (χ1) is 18.6. The third kappa shape index (κ3) is 4.89. The predicted octanol–water partition coefficient (Wildman–Crippen LogP) is 8.82. The normalized spacial score (nSPS) is 13.9. The lowest BCUT2D eigenvalue weighted by Gasteiger charge is -2.33. The van der Waals surface area contributed by atoms with E-state index in [9.17, 15) is 0 Å². The van der Waals surface area contributed by atoms with E-state index in [-0.39, 0.29) is 6.17 Å². The monoisotopic (exact) mass is 562 g/mol. The van der Waals surface area contributed by atoms with Crippen LogP contribution in [0.4, 0.5) is 11.4 Å².